The lowest BCUT2D eigenvalue weighted by atomic mass is 10.1. The van der Waals surface area contributed by atoms with Gasteiger partial charge in [-0.1, -0.05) is 6.42 Å². The SMILES string of the molecule is Cc1ncc(CNC2CCCC2C#N)[nH]1. The molecule has 15 heavy (non-hydrogen) atoms. The van der Waals surface area contributed by atoms with Crippen molar-refractivity contribution in [1.29, 1.82) is 5.26 Å². The van der Waals surface area contributed by atoms with Crippen LogP contribution >= 0.6 is 0 Å². The van der Waals surface area contributed by atoms with Gasteiger partial charge in [0, 0.05) is 24.5 Å². The number of aryl methyl sites for hydroxylation is 1. The van der Waals surface area contributed by atoms with Crippen molar-refractivity contribution in [2.75, 3.05) is 0 Å². The molecule has 1 aliphatic rings. The molecule has 2 atom stereocenters. The third-order valence-electron chi connectivity index (χ3n) is 2.99. The highest BCUT2D eigenvalue weighted by atomic mass is 15.0. The second kappa shape index (κ2) is 4.45. The molecule has 0 amide bonds. The van der Waals surface area contributed by atoms with E-state index in [9.17, 15) is 0 Å². The molecule has 80 valence electrons. The molecule has 2 rings (SSSR count). The molecule has 2 N–H and O–H groups in total. The Hall–Kier alpha value is -1.34. The summed E-state index contributed by atoms with van der Waals surface area (Å²) in [5.74, 6) is 1.13. The lowest BCUT2D eigenvalue weighted by Gasteiger charge is -2.14. The Bertz CT molecular complexity index is 363. The fourth-order valence-corrected chi connectivity index (χ4v) is 2.16. The summed E-state index contributed by atoms with van der Waals surface area (Å²) in [6.07, 6.45) is 5.16. The molecule has 2 unspecified atom stereocenters. The molecule has 1 saturated carbocycles. The topological polar surface area (TPSA) is 64.5 Å². The maximum Gasteiger partial charge on any atom is 0.103 e. The first-order valence-corrected chi connectivity index (χ1v) is 5.43. The van der Waals surface area contributed by atoms with Crippen LogP contribution < -0.4 is 5.32 Å². The molecule has 0 radical (unpaired) electrons. The van der Waals surface area contributed by atoms with E-state index in [1.165, 1.54) is 0 Å². The molecule has 0 spiro atoms. The summed E-state index contributed by atoms with van der Waals surface area (Å²) in [4.78, 5) is 7.32. The van der Waals surface area contributed by atoms with Crippen LogP contribution in [0.3, 0.4) is 0 Å². The Labute approximate surface area is 89.7 Å². The highest BCUT2D eigenvalue weighted by Crippen LogP contribution is 2.24. The molecule has 4 heteroatoms. The maximum absolute atomic E-state index is 8.93. The number of imidazole rings is 1. The van der Waals surface area contributed by atoms with Crippen LogP contribution in [0, 0.1) is 24.2 Å². The number of nitrogens with zero attached hydrogens (tertiary/aromatic N) is 2. The van der Waals surface area contributed by atoms with Crippen molar-refractivity contribution in [1.82, 2.24) is 15.3 Å². The quantitative estimate of drug-likeness (QED) is 0.784. The van der Waals surface area contributed by atoms with Gasteiger partial charge in [-0.3, -0.25) is 0 Å². The van der Waals surface area contributed by atoms with Crippen LogP contribution in [0.2, 0.25) is 0 Å². The molecular formula is C11H16N4. The Kier molecular flexibility index (Phi) is 3.02. The lowest BCUT2D eigenvalue weighted by molar-refractivity contribution is 0.462. The fourth-order valence-electron chi connectivity index (χ4n) is 2.16. The smallest absolute Gasteiger partial charge is 0.103 e. The van der Waals surface area contributed by atoms with E-state index in [0.29, 0.717) is 6.04 Å². The summed E-state index contributed by atoms with van der Waals surface area (Å²) in [7, 11) is 0. The summed E-state index contributed by atoms with van der Waals surface area (Å²) in [6, 6.07) is 2.73. The molecular weight excluding hydrogens is 188 g/mol. The standard InChI is InChI=1S/C11H16N4/c1-8-13-6-10(15-8)7-14-11-4-2-3-9(11)5-12/h6,9,11,14H,2-4,7H2,1H3,(H,13,15). The summed E-state index contributed by atoms with van der Waals surface area (Å²) in [6.45, 7) is 2.72. The third-order valence-corrected chi connectivity index (χ3v) is 2.99. The van der Waals surface area contributed by atoms with Crippen LogP contribution in [-0.2, 0) is 6.54 Å². The van der Waals surface area contributed by atoms with Crippen LogP contribution in [0.5, 0.6) is 0 Å². The second-order valence-electron chi connectivity index (χ2n) is 4.15. The van der Waals surface area contributed by atoms with Crippen molar-refractivity contribution in [2.24, 2.45) is 5.92 Å². The number of aromatic nitrogens is 2. The van der Waals surface area contributed by atoms with E-state index >= 15 is 0 Å². The molecule has 0 aromatic carbocycles. The van der Waals surface area contributed by atoms with E-state index in [-0.39, 0.29) is 5.92 Å². The van der Waals surface area contributed by atoms with Crippen molar-refractivity contribution in [3.63, 3.8) is 0 Å². The highest BCUT2D eigenvalue weighted by Gasteiger charge is 2.26. The predicted molar refractivity (Wildman–Crippen MR) is 56.9 cm³/mol. The van der Waals surface area contributed by atoms with Gasteiger partial charge in [0.2, 0.25) is 0 Å². The molecule has 1 aliphatic carbocycles. The molecule has 0 aliphatic heterocycles. The first kappa shape index (κ1) is 10.2. The first-order chi connectivity index (χ1) is 7.29. The summed E-state index contributed by atoms with van der Waals surface area (Å²) < 4.78 is 0. The number of rotatable bonds is 3. The Balaban J connectivity index is 1.85. The summed E-state index contributed by atoms with van der Waals surface area (Å²) in [5, 5.41) is 12.3. The van der Waals surface area contributed by atoms with Gasteiger partial charge in [-0.15, -0.1) is 0 Å². The van der Waals surface area contributed by atoms with E-state index in [1.54, 1.807) is 0 Å². The molecule has 1 heterocycles. The molecule has 1 fully saturated rings. The molecule has 4 nitrogen and oxygen atoms in total. The number of nitrogens with one attached hydrogen (secondary N) is 2. The van der Waals surface area contributed by atoms with Gasteiger partial charge in [0.1, 0.15) is 5.82 Å². The summed E-state index contributed by atoms with van der Waals surface area (Å²) in [5.41, 5.74) is 1.09. The van der Waals surface area contributed by atoms with E-state index in [0.717, 1.165) is 37.3 Å². The third kappa shape index (κ3) is 2.37. The highest BCUT2D eigenvalue weighted by molar-refractivity contribution is 5.02. The van der Waals surface area contributed by atoms with Crippen molar-refractivity contribution < 1.29 is 0 Å². The maximum atomic E-state index is 8.93. The minimum Gasteiger partial charge on any atom is -0.345 e. The molecule has 0 bridgehead atoms. The van der Waals surface area contributed by atoms with Gasteiger partial charge >= 0.3 is 0 Å². The number of nitriles is 1. The fraction of sp³-hybridized carbons (Fsp3) is 0.636. The Morgan fingerprint density at radius 1 is 1.67 bits per heavy atom. The van der Waals surface area contributed by atoms with Crippen LogP contribution in [-0.4, -0.2) is 16.0 Å². The first-order valence-electron chi connectivity index (χ1n) is 5.43. The van der Waals surface area contributed by atoms with Gasteiger partial charge in [0.15, 0.2) is 0 Å². The Morgan fingerprint density at radius 2 is 2.53 bits per heavy atom. The van der Waals surface area contributed by atoms with Gasteiger partial charge in [-0.2, -0.15) is 5.26 Å². The lowest BCUT2D eigenvalue weighted by Crippen LogP contribution is -2.31. The molecule has 0 saturated heterocycles. The molecule has 1 aromatic heterocycles. The number of aromatic amines is 1. The summed E-state index contributed by atoms with van der Waals surface area (Å²) >= 11 is 0. The zero-order chi connectivity index (χ0) is 10.7. The van der Waals surface area contributed by atoms with Crippen LogP contribution in [0.25, 0.3) is 0 Å². The zero-order valence-corrected chi connectivity index (χ0v) is 8.95. The van der Waals surface area contributed by atoms with E-state index in [2.05, 4.69) is 21.4 Å². The monoisotopic (exact) mass is 204 g/mol. The van der Waals surface area contributed by atoms with E-state index in [4.69, 9.17) is 5.26 Å². The van der Waals surface area contributed by atoms with E-state index < -0.39 is 0 Å². The number of hydrogen-bond acceptors (Lipinski definition) is 3. The van der Waals surface area contributed by atoms with Gasteiger partial charge in [0.25, 0.3) is 0 Å². The largest absolute Gasteiger partial charge is 0.345 e. The number of H-pyrrole nitrogens is 1. The Morgan fingerprint density at radius 3 is 3.20 bits per heavy atom. The van der Waals surface area contributed by atoms with Gasteiger partial charge in [0.05, 0.1) is 12.0 Å². The van der Waals surface area contributed by atoms with Crippen LogP contribution in [0.1, 0.15) is 30.8 Å². The predicted octanol–water partition coefficient (Wildman–Crippen LogP) is 1.50. The van der Waals surface area contributed by atoms with Crippen LogP contribution in [0.4, 0.5) is 0 Å². The van der Waals surface area contributed by atoms with Crippen molar-refractivity contribution >= 4 is 0 Å². The number of hydrogen-bond donors (Lipinski definition) is 2. The average molecular weight is 204 g/mol. The van der Waals surface area contributed by atoms with Crippen molar-refractivity contribution in [3.8, 4) is 6.07 Å². The zero-order valence-electron chi connectivity index (χ0n) is 8.95. The van der Waals surface area contributed by atoms with Gasteiger partial charge < -0.3 is 10.3 Å². The minimum atomic E-state index is 0.189. The average Bonchev–Trinajstić information content (AvgIpc) is 2.83. The van der Waals surface area contributed by atoms with Crippen molar-refractivity contribution in [2.45, 2.75) is 38.8 Å². The van der Waals surface area contributed by atoms with Gasteiger partial charge in [-0.05, 0) is 19.8 Å². The minimum absolute atomic E-state index is 0.189. The second-order valence-corrected chi connectivity index (χ2v) is 4.15. The van der Waals surface area contributed by atoms with Gasteiger partial charge in [-0.25, -0.2) is 4.98 Å². The van der Waals surface area contributed by atoms with Crippen molar-refractivity contribution in [3.05, 3.63) is 17.7 Å². The van der Waals surface area contributed by atoms with E-state index in [1.807, 2.05) is 13.1 Å². The van der Waals surface area contributed by atoms with Crippen LogP contribution in [0.15, 0.2) is 6.20 Å². The molecule has 1 aromatic rings. The normalized spacial score (nSPS) is 25.3.